The zero-order valence-corrected chi connectivity index (χ0v) is 8.26. The maximum atomic E-state index is 13.0. The molecule has 0 bridgehead atoms. The van der Waals surface area contributed by atoms with Gasteiger partial charge < -0.3 is 11.1 Å². The number of benzene rings is 1. The molecular formula is C11H15FN2. The predicted octanol–water partition coefficient (Wildman–Crippen LogP) is 1.91. The molecule has 3 N–H and O–H groups in total. The molecule has 2 atom stereocenters. The summed E-state index contributed by atoms with van der Waals surface area (Å²) in [6, 6.07) is 5.59. The van der Waals surface area contributed by atoms with Gasteiger partial charge in [0.2, 0.25) is 0 Å². The standard InChI is InChI=1S/C11H15FN2/c1-7-4-11(7)14-6-8-2-3-10(13)9(12)5-8/h2-3,5,7,11,14H,4,6,13H2,1H3. The molecule has 3 heteroatoms. The van der Waals surface area contributed by atoms with Gasteiger partial charge in [-0.1, -0.05) is 13.0 Å². The van der Waals surface area contributed by atoms with E-state index in [1.807, 2.05) is 6.07 Å². The maximum absolute atomic E-state index is 13.0. The smallest absolute Gasteiger partial charge is 0.146 e. The molecule has 1 aliphatic rings. The van der Waals surface area contributed by atoms with Gasteiger partial charge in [0.05, 0.1) is 5.69 Å². The van der Waals surface area contributed by atoms with Crippen LogP contribution in [0.1, 0.15) is 18.9 Å². The van der Waals surface area contributed by atoms with Crippen LogP contribution in [-0.4, -0.2) is 6.04 Å². The number of nitrogens with two attached hydrogens (primary N) is 1. The van der Waals surface area contributed by atoms with Crippen LogP contribution in [0.3, 0.4) is 0 Å². The number of hydrogen-bond acceptors (Lipinski definition) is 2. The molecule has 0 spiro atoms. The summed E-state index contributed by atoms with van der Waals surface area (Å²) in [6.07, 6.45) is 1.23. The second-order valence-corrected chi connectivity index (χ2v) is 4.06. The molecule has 1 aliphatic carbocycles. The fraction of sp³-hybridized carbons (Fsp3) is 0.455. The minimum absolute atomic E-state index is 0.216. The lowest BCUT2D eigenvalue weighted by molar-refractivity contribution is 0.619. The zero-order valence-electron chi connectivity index (χ0n) is 8.26. The molecule has 0 aliphatic heterocycles. The quantitative estimate of drug-likeness (QED) is 0.721. The SMILES string of the molecule is CC1CC1NCc1ccc(N)c(F)c1. The minimum Gasteiger partial charge on any atom is -0.396 e. The van der Waals surface area contributed by atoms with Crippen LogP contribution in [-0.2, 0) is 6.54 Å². The van der Waals surface area contributed by atoms with Crippen LogP contribution < -0.4 is 11.1 Å². The molecule has 1 aromatic carbocycles. The van der Waals surface area contributed by atoms with Gasteiger partial charge in [-0.15, -0.1) is 0 Å². The van der Waals surface area contributed by atoms with E-state index in [1.54, 1.807) is 6.07 Å². The van der Waals surface area contributed by atoms with Gasteiger partial charge in [-0.25, -0.2) is 4.39 Å². The van der Waals surface area contributed by atoms with Crippen LogP contribution in [0.4, 0.5) is 10.1 Å². The lowest BCUT2D eigenvalue weighted by atomic mass is 10.2. The number of hydrogen-bond donors (Lipinski definition) is 2. The Bertz CT molecular complexity index is 338. The third-order valence-electron chi connectivity index (χ3n) is 2.74. The van der Waals surface area contributed by atoms with Crippen LogP contribution in [0, 0.1) is 11.7 Å². The van der Waals surface area contributed by atoms with Gasteiger partial charge in [0.1, 0.15) is 5.82 Å². The minimum atomic E-state index is -0.326. The molecule has 14 heavy (non-hydrogen) atoms. The van der Waals surface area contributed by atoms with Crippen LogP contribution in [0.2, 0.25) is 0 Å². The highest BCUT2D eigenvalue weighted by molar-refractivity contribution is 5.41. The molecule has 0 radical (unpaired) electrons. The van der Waals surface area contributed by atoms with Crippen LogP contribution in [0.25, 0.3) is 0 Å². The van der Waals surface area contributed by atoms with Crippen LogP contribution in [0.15, 0.2) is 18.2 Å². The fourth-order valence-corrected chi connectivity index (χ4v) is 1.54. The number of rotatable bonds is 3. The molecule has 0 heterocycles. The summed E-state index contributed by atoms with van der Waals surface area (Å²) in [7, 11) is 0. The molecule has 0 aromatic heterocycles. The normalized spacial score (nSPS) is 25.0. The van der Waals surface area contributed by atoms with Gasteiger partial charge in [-0.3, -0.25) is 0 Å². The van der Waals surface area contributed by atoms with Gasteiger partial charge in [0.25, 0.3) is 0 Å². The highest BCUT2D eigenvalue weighted by Gasteiger charge is 2.31. The molecule has 2 rings (SSSR count). The second kappa shape index (κ2) is 3.58. The van der Waals surface area contributed by atoms with Crippen molar-refractivity contribution in [1.29, 1.82) is 0 Å². The van der Waals surface area contributed by atoms with Crippen molar-refractivity contribution in [3.63, 3.8) is 0 Å². The largest absolute Gasteiger partial charge is 0.396 e. The van der Waals surface area contributed by atoms with Gasteiger partial charge in [-0.2, -0.15) is 0 Å². The first-order chi connectivity index (χ1) is 6.66. The Labute approximate surface area is 83.3 Å². The topological polar surface area (TPSA) is 38.0 Å². The predicted molar refractivity (Wildman–Crippen MR) is 55.2 cm³/mol. The number of nitrogens with one attached hydrogen (secondary N) is 1. The lowest BCUT2D eigenvalue weighted by Crippen LogP contribution is -2.17. The number of anilines is 1. The van der Waals surface area contributed by atoms with E-state index in [4.69, 9.17) is 5.73 Å². The van der Waals surface area contributed by atoms with E-state index in [0.29, 0.717) is 6.04 Å². The summed E-state index contributed by atoms with van der Waals surface area (Å²) in [5, 5.41) is 3.36. The summed E-state index contributed by atoms with van der Waals surface area (Å²) in [6.45, 7) is 2.94. The Hall–Kier alpha value is -1.09. The van der Waals surface area contributed by atoms with Crippen molar-refractivity contribution < 1.29 is 4.39 Å². The van der Waals surface area contributed by atoms with E-state index in [0.717, 1.165) is 18.0 Å². The number of halogens is 1. The van der Waals surface area contributed by atoms with Gasteiger partial charge in [0.15, 0.2) is 0 Å². The highest BCUT2D eigenvalue weighted by atomic mass is 19.1. The summed E-state index contributed by atoms with van der Waals surface area (Å²) in [5.41, 5.74) is 6.55. The van der Waals surface area contributed by atoms with E-state index in [2.05, 4.69) is 12.2 Å². The Morgan fingerprint density at radius 2 is 2.29 bits per heavy atom. The first-order valence-corrected chi connectivity index (χ1v) is 4.94. The van der Waals surface area contributed by atoms with E-state index in [9.17, 15) is 4.39 Å². The molecule has 76 valence electrons. The van der Waals surface area contributed by atoms with Crippen LogP contribution >= 0.6 is 0 Å². The Balaban J connectivity index is 1.92. The molecule has 1 fully saturated rings. The van der Waals surface area contributed by atoms with Crippen molar-refractivity contribution in [2.45, 2.75) is 25.9 Å². The maximum Gasteiger partial charge on any atom is 0.146 e. The third-order valence-corrected chi connectivity index (χ3v) is 2.74. The van der Waals surface area contributed by atoms with E-state index >= 15 is 0 Å². The summed E-state index contributed by atoms with van der Waals surface area (Å²) < 4.78 is 13.0. The van der Waals surface area contributed by atoms with Crippen molar-refractivity contribution >= 4 is 5.69 Å². The van der Waals surface area contributed by atoms with Crippen molar-refractivity contribution in [3.8, 4) is 0 Å². The van der Waals surface area contributed by atoms with E-state index < -0.39 is 0 Å². The Morgan fingerprint density at radius 3 is 2.86 bits per heavy atom. The third kappa shape index (κ3) is 2.04. The van der Waals surface area contributed by atoms with Gasteiger partial charge in [-0.05, 0) is 30.0 Å². The molecule has 1 saturated carbocycles. The van der Waals surface area contributed by atoms with E-state index in [1.165, 1.54) is 12.5 Å². The first-order valence-electron chi connectivity index (χ1n) is 4.94. The van der Waals surface area contributed by atoms with E-state index in [-0.39, 0.29) is 11.5 Å². The van der Waals surface area contributed by atoms with Crippen molar-refractivity contribution in [2.75, 3.05) is 5.73 Å². The second-order valence-electron chi connectivity index (χ2n) is 4.06. The van der Waals surface area contributed by atoms with Gasteiger partial charge >= 0.3 is 0 Å². The molecule has 2 nitrogen and oxygen atoms in total. The fourth-order valence-electron chi connectivity index (χ4n) is 1.54. The molecule has 1 aromatic rings. The van der Waals surface area contributed by atoms with Crippen molar-refractivity contribution in [1.82, 2.24) is 5.32 Å². The number of nitrogen functional groups attached to an aromatic ring is 1. The Morgan fingerprint density at radius 1 is 1.57 bits per heavy atom. The molecular weight excluding hydrogens is 179 g/mol. The molecule has 0 amide bonds. The highest BCUT2D eigenvalue weighted by Crippen LogP contribution is 2.29. The summed E-state index contributed by atoms with van der Waals surface area (Å²) in [5.74, 6) is 0.446. The molecule has 0 saturated heterocycles. The first kappa shape index (κ1) is 9.46. The average molecular weight is 194 g/mol. The average Bonchev–Trinajstić information content (AvgIpc) is 2.85. The summed E-state index contributed by atoms with van der Waals surface area (Å²) >= 11 is 0. The lowest BCUT2D eigenvalue weighted by Gasteiger charge is -2.04. The summed E-state index contributed by atoms with van der Waals surface area (Å²) in [4.78, 5) is 0. The van der Waals surface area contributed by atoms with Crippen molar-refractivity contribution in [2.24, 2.45) is 5.92 Å². The Kier molecular flexibility index (Phi) is 2.42. The zero-order chi connectivity index (χ0) is 10.1. The monoisotopic (exact) mass is 194 g/mol. The van der Waals surface area contributed by atoms with Gasteiger partial charge in [0, 0.05) is 12.6 Å². The van der Waals surface area contributed by atoms with Crippen LogP contribution in [0.5, 0.6) is 0 Å². The van der Waals surface area contributed by atoms with Crippen molar-refractivity contribution in [3.05, 3.63) is 29.6 Å². The molecule has 2 unspecified atom stereocenters.